The first-order valence-electron chi connectivity index (χ1n) is 6.54. The van der Waals surface area contributed by atoms with Crippen LogP contribution in [-0.4, -0.2) is 24.6 Å². The van der Waals surface area contributed by atoms with E-state index in [1.807, 2.05) is 30.3 Å². The summed E-state index contributed by atoms with van der Waals surface area (Å²) in [6.07, 6.45) is 11.9. The average Bonchev–Trinajstić information content (AvgIpc) is 2.79. The molecule has 6 nitrogen and oxygen atoms in total. The van der Waals surface area contributed by atoms with E-state index in [0.29, 0.717) is 6.42 Å². The van der Waals surface area contributed by atoms with Crippen LogP contribution in [0.5, 0.6) is 0 Å². The highest BCUT2D eigenvalue weighted by molar-refractivity contribution is 7.80. The zero-order chi connectivity index (χ0) is 14.6. The van der Waals surface area contributed by atoms with Gasteiger partial charge in [0.25, 0.3) is 0 Å². The van der Waals surface area contributed by atoms with Gasteiger partial charge in [0.05, 0.1) is 13.7 Å². The van der Waals surface area contributed by atoms with E-state index in [9.17, 15) is 13.0 Å². The summed E-state index contributed by atoms with van der Waals surface area (Å²) < 4.78 is 36.0. The molecule has 0 aliphatic heterocycles. The second-order valence-corrected chi connectivity index (χ2v) is 5.33. The Kier molecular flexibility index (Phi) is 10.4. The molecule has 1 heterocycles. The van der Waals surface area contributed by atoms with Crippen molar-refractivity contribution in [1.29, 1.82) is 0 Å². The fourth-order valence-electron chi connectivity index (χ4n) is 1.41. The summed E-state index contributed by atoms with van der Waals surface area (Å²) in [5, 5.41) is 0. The molecule has 0 saturated heterocycles. The van der Waals surface area contributed by atoms with Crippen molar-refractivity contribution in [1.82, 2.24) is 4.98 Å². The first-order valence-corrected chi connectivity index (χ1v) is 7.87. The minimum atomic E-state index is -4.47. The van der Waals surface area contributed by atoms with Crippen LogP contribution in [0.3, 0.4) is 0 Å². The number of nitrogens with zero attached hydrogens (tertiary/aromatic N) is 1. The van der Waals surface area contributed by atoms with E-state index >= 15 is 0 Å². The quantitative estimate of drug-likeness (QED) is 0.342. The maximum absolute atomic E-state index is 9.99. The second kappa shape index (κ2) is 11.0. The molecule has 0 bridgehead atoms. The lowest BCUT2D eigenvalue weighted by Crippen LogP contribution is -2.22. The summed E-state index contributed by atoms with van der Waals surface area (Å²) in [6, 6.07) is 0. The van der Waals surface area contributed by atoms with Crippen LogP contribution < -0.4 is 4.57 Å². The van der Waals surface area contributed by atoms with Crippen LogP contribution >= 0.6 is 0 Å². The molecule has 0 aromatic carbocycles. The molecule has 0 saturated carbocycles. The van der Waals surface area contributed by atoms with E-state index in [4.69, 9.17) is 0 Å². The number of H-pyrrole nitrogens is 1. The monoisotopic (exact) mass is 292 g/mol. The molecular weight excluding hydrogens is 268 g/mol. The number of unbranched alkanes of at least 4 members (excludes halogenated alkanes) is 5. The van der Waals surface area contributed by atoms with Crippen molar-refractivity contribution in [3.8, 4) is 0 Å². The maximum Gasteiger partial charge on any atom is 0.241 e. The van der Waals surface area contributed by atoms with Crippen molar-refractivity contribution in [2.45, 2.75) is 45.4 Å². The standard InChI is InChI=1S/C8H18O4S.C4H6N2/c1-2-3-4-5-6-7-8-12-13(9,10)11;1-6-3-2-5-4-6/h2-8H2,1H3,(H,9,10,11);2-4H,1H3. The van der Waals surface area contributed by atoms with Crippen LogP contribution in [0.25, 0.3) is 0 Å². The number of aromatic nitrogens is 2. The Labute approximate surface area is 115 Å². The summed E-state index contributed by atoms with van der Waals surface area (Å²) in [7, 11) is -2.50. The zero-order valence-corrected chi connectivity index (χ0v) is 12.5. The molecule has 7 heteroatoms. The van der Waals surface area contributed by atoms with Gasteiger partial charge in [-0.1, -0.05) is 39.0 Å². The summed E-state index contributed by atoms with van der Waals surface area (Å²) in [4.78, 5) is 2.89. The van der Waals surface area contributed by atoms with Gasteiger partial charge in [0.1, 0.15) is 12.4 Å². The number of imidazole rings is 1. The Hall–Kier alpha value is -0.920. The number of aromatic amines is 1. The second-order valence-electron chi connectivity index (χ2n) is 4.27. The Balaban J connectivity index is 0.000000443. The lowest BCUT2D eigenvalue weighted by atomic mass is 10.1. The van der Waals surface area contributed by atoms with Crippen LogP contribution in [-0.2, 0) is 21.6 Å². The highest BCUT2D eigenvalue weighted by atomic mass is 32.3. The Bertz CT molecular complexity index is 390. The van der Waals surface area contributed by atoms with Crippen molar-refractivity contribution >= 4 is 10.4 Å². The minimum Gasteiger partial charge on any atom is -0.726 e. The molecule has 0 aliphatic carbocycles. The molecule has 0 aliphatic rings. The Morgan fingerprint density at radius 3 is 2.26 bits per heavy atom. The van der Waals surface area contributed by atoms with E-state index in [1.165, 1.54) is 19.3 Å². The smallest absolute Gasteiger partial charge is 0.241 e. The van der Waals surface area contributed by atoms with Crippen LogP contribution in [0.1, 0.15) is 45.4 Å². The molecule has 0 atom stereocenters. The topological polar surface area (TPSA) is 86.1 Å². The van der Waals surface area contributed by atoms with E-state index in [1.54, 1.807) is 0 Å². The molecule has 0 fully saturated rings. The molecule has 1 N–H and O–H groups in total. The Morgan fingerprint density at radius 2 is 1.84 bits per heavy atom. The molecule has 1 aromatic heterocycles. The number of hydrogen-bond acceptors (Lipinski definition) is 4. The van der Waals surface area contributed by atoms with Crippen LogP contribution in [0.4, 0.5) is 0 Å². The van der Waals surface area contributed by atoms with E-state index in [-0.39, 0.29) is 6.61 Å². The first-order chi connectivity index (χ1) is 8.95. The maximum atomic E-state index is 9.99. The van der Waals surface area contributed by atoms with E-state index in [2.05, 4.69) is 16.1 Å². The fourth-order valence-corrected chi connectivity index (χ4v) is 1.73. The van der Waals surface area contributed by atoms with Gasteiger partial charge in [-0.3, -0.25) is 9.17 Å². The van der Waals surface area contributed by atoms with E-state index < -0.39 is 10.4 Å². The molecule has 0 unspecified atom stereocenters. The summed E-state index contributed by atoms with van der Waals surface area (Å²) in [6.45, 7) is 2.16. The van der Waals surface area contributed by atoms with Gasteiger partial charge in [-0.05, 0) is 6.42 Å². The lowest BCUT2D eigenvalue weighted by molar-refractivity contribution is -0.670. The molecule has 1 rings (SSSR count). The minimum absolute atomic E-state index is 0.0258. The third-order valence-electron chi connectivity index (χ3n) is 2.41. The molecular formula is C12H24N2O4S. The highest BCUT2D eigenvalue weighted by Crippen LogP contribution is 2.05. The zero-order valence-electron chi connectivity index (χ0n) is 11.7. The Morgan fingerprint density at radius 1 is 1.21 bits per heavy atom. The van der Waals surface area contributed by atoms with Gasteiger partial charge in [-0.2, -0.15) is 0 Å². The van der Waals surface area contributed by atoms with Crippen molar-refractivity contribution in [3.05, 3.63) is 18.7 Å². The van der Waals surface area contributed by atoms with Crippen molar-refractivity contribution in [3.63, 3.8) is 0 Å². The number of hydrogen-bond donors (Lipinski definition) is 1. The van der Waals surface area contributed by atoms with Gasteiger partial charge >= 0.3 is 0 Å². The third-order valence-corrected chi connectivity index (χ3v) is 2.86. The molecule has 0 spiro atoms. The fraction of sp³-hybridized carbons (Fsp3) is 0.750. The van der Waals surface area contributed by atoms with Gasteiger partial charge in [0, 0.05) is 0 Å². The number of nitrogens with one attached hydrogen (secondary N) is 1. The van der Waals surface area contributed by atoms with Crippen LogP contribution in [0, 0.1) is 0 Å². The van der Waals surface area contributed by atoms with Gasteiger partial charge in [-0.25, -0.2) is 13.0 Å². The van der Waals surface area contributed by atoms with Gasteiger partial charge in [-0.15, -0.1) is 0 Å². The lowest BCUT2D eigenvalue weighted by Gasteiger charge is -2.06. The molecule has 19 heavy (non-hydrogen) atoms. The first kappa shape index (κ1) is 18.1. The molecule has 112 valence electrons. The molecule has 1 aromatic rings. The van der Waals surface area contributed by atoms with Crippen molar-refractivity contribution in [2.24, 2.45) is 7.05 Å². The number of rotatable bonds is 8. The predicted molar refractivity (Wildman–Crippen MR) is 71.0 cm³/mol. The van der Waals surface area contributed by atoms with Crippen LogP contribution in [0.2, 0.25) is 0 Å². The summed E-state index contributed by atoms with van der Waals surface area (Å²) >= 11 is 0. The van der Waals surface area contributed by atoms with Crippen molar-refractivity contribution in [2.75, 3.05) is 6.61 Å². The van der Waals surface area contributed by atoms with Gasteiger partial charge in [0.15, 0.2) is 0 Å². The largest absolute Gasteiger partial charge is 0.726 e. The highest BCUT2D eigenvalue weighted by Gasteiger charge is 1.94. The average molecular weight is 292 g/mol. The normalized spacial score (nSPS) is 10.9. The van der Waals surface area contributed by atoms with Gasteiger partial charge < -0.3 is 4.55 Å². The van der Waals surface area contributed by atoms with Crippen molar-refractivity contribution < 1.29 is 21.7 Å². The summed E-state index contributed by atoms with van der Waals surface area (Å²) in [5.74, 6) is 0. The van der Waals surface area contributed by atoms with E-state index in [0.717, 1.165) is 12.8 Å². The number of aryl methyl sites for hydroxylation is 1. The molecule has 0 radical (unpaired) electrons. The molecule has 0 amide bonds. The predicted octanol–water partition coefficient (Wildman–Crippen LogP) is 1.66. The summed E-state index contributed by atoms with van der Waals surface area (Å²) in [5.41, 5.74) is 0. The van der Waals surface area contributed by atoms with Crippen LogP contribution in [0.15, 0.2) is 18.7 Å². The SMILES string of the molecule is CCCCCCCCOS(=O)(=O)[O-].C[n+]1cc[nH]c1. The van der Waals surface area contributed by atoms with Gasteiger partial charge in [0.2, 0.25) is 16.7 Å². The third kappa shape index (κ3) is 15.0.